The number of piperidine rings is 1. The van der Waals surface area contributed by atoms with Crippen LogP contribution in [0.15, 0.2) is 47.4 Å². The number of aryl methyl sites for hydroxylation is 1. The SMILES string of the molecule is Cc1cc(C(C)Nc2ccccc2)c2nc(N3CCCCC3)c(C#N)c(=O)n2c1. The second-order valence-electron chi connectivity index (χ2n) is 7.67. The van der Waals surface area contributed by atoms with Crippen LogP contribution in [0.25, 0.3) is 5.65 Å². The first-order valence-corrected chi connectivity index (χ1v) is 10.1. The van der Waals surface area contributed by atoms with Crippen LogP contribution in [-0.4, -0.2) is 22.5 Å². The van der Waals surface area contributed by atoms with Crippen molar-refractivity contribution in [3.63, 3.8) is 0 Å². The standard InChI is InChI=1S/C23H25N5O/c1-16-13-19(17(2)25-18-9-5-3-6-10-18)22-26-21(27-11-7-4-8-12-27)20(14-24)23(29)28(22)15-16/h3,5-6,9-10,13,15,17,25H,4,7-8,11-12H2,1-2H3. The van der Waals surface area contributed by atoms with Crippen molar-refractivity contribution in [2.24, 2.45) is 0 Å². The minimum Gasteiger partial charge on any atom is -0.378 e. The Morgan fingerprint density at radius 3 is 2.59 bits per heavy atom. The van der Waals surface area contributed by atoms with Crippen molar-refractivity contribution >= 4 is 17.2 Å². The summed E-state index contributed by atoms with van der Waals surface area (Å²) >= 11 is 0. The highest BCUT2D eigenvalue weighted by molar-refractivity contribution is 5.62. The molecule has 1 aromatic carbocycles. The minimum atomic E-state index is -0.296. The number of nitrogens with one attached hydrogen (secondary N) is 1. The highest BCUT2D eigenvalue weighted by atomic mass is 16.1. The van der Waals surface area contributed by atoms with Gasteiger partial charge in [-0.25, -0.2) is 4.98 Å². The molecule has 1 atom stereocenters. The van der Waals surface area contributed by atoms with Crippen LogP contribution in [-0.2, 0) is 0 Å². The van der Waals surface area contributed by atoms with Crippen molar-refractivity contribution in [3.8, 4) is 6.07 Å². The lowest BCUT2D eigenvalue weighted by Gasteiger charge is -2.28. The molecule has 0 aliphatic carbocycles. The van der Waals surface area contributed by atoms with Gasteiger partial charge in [-0.05, 0) is 56.9 Å². The number of anilines is 2. The molecular formula is C23H25N5O. The average Bonchev–Trinajstić information content (AvgIpc) is 2.75. The smallest absolute Gasteiger partial charge is 0.278 e. The highest BCUT2D eigenvalue weighted by Crippen LogP contribution is 2.26. The molecule has 1 N–H and O–H groups in total. The summed E-state index contributed by atoms with van der Waals surface area (Å²) in [5.41, 5.74) is 3.34. The van der Waals surface area contributed by atoms with Crippen LogP contribution in [0, 0.1) is 18.3 Å². The van der Waals surface area contributed by atoms with Gasteiger partial charge in [0.25, 0.3) is 5.56 Å². The number of nitrogens with zero attached hydrogens (tertiary/aromatic N) is 4. The lowest BCUT2D eigenvalue weighted by Crippen LogP contribution is -2.34. The third-order valence-electron chi connectivity index (χ3n) is 5.46. The molecule has 3 aromatic rings. The Labute approximate surface area is 170 Å². The predicted molar refractivity (Wildman–Crippen MR) is 115 cm³/mol. The van der Waals surface area contributed by atoms with Crippen LogP contribution in [0.4, 0.5) is 11.5 Å². The van der Waals surface area contributed by atoms with Gasteiger partial charge in [0, 0.05) is 30.5 Å². The maximum atomic E-state index is 13.2. The molecule has 1 fully saturated rings. The zero-order valence-corrected chi connectivity index (χ0v) is 16.9. The number of hydrogen-bond donors (Lipinski definition) is 1. The molecule has 0 bridgehead atoms. The number of hydrogen-bond acceptors (Lipinski definition) is 5. The van der Waals surface area contributed by atoms with E-state index in [1.54, 1.807) is 6.20 Å². The van der Waals surface area contributed by atoms with Crippen molar-refractivity contribution < 1.29 is 0 Å². The number of fused-ring (bicyclic) bond motifs is 1. The lowest BCUT2D eigenvalue weighted by molar-refractivity contribution is 0.572. The van der Waals surface area contributed by atoms with Gasteiger partial charge >= 0.3 is 0 Å². The van der Waals surface area contributed by atoms with Crippen LogP contribution in [0.3, 0.4) is 0 Å². The molecule has 0 amide bonds. The summed E-state index contributed by atoms with van der Waals surface area (Å²) in [4.78, 5) is 20.1. The van der Waals surface area contributed by atoms with Crippen LogP contribution in [0.1, 0.15) is 48.9 Å². The van der Waals surface area contributed by atoms with Gasteiger partial charge in [-0.2, -0.15) is 5.26 Å². The fourth-order valence-corrected chi connectivity index (χ4v) is 4.01. The van der Waals surface area contributed by atoms with E-state index in [0.717, 1.165) is 42.7 Å². The first-order chi connectivity index (χ1) is 14.1. The van der Waals surface area contributed by atoms with E-state index >= 15 is 0 Å². The second kappa shape index (κ2) is 7.96. The van der Waals surface area contributed by atoms with Gasteiger partial charge in [-0.3, -0.25) is 9.20 Å². The van der Waals surface area contributed by atoms with Crippen molar-refractivity contribution in [1.82, 2.24) is 9.38 Å². The van der Waals surface area contributed by atoms with E-state index in [4.69, 9.17) is 4.98 Å². The molecule has 1 unspecified atom stereocenters. The Bertz CT molecular complexity index is 1120. The Kier molecular flexibility index (Phi) is 5.22. The number of pyridine rings is 1. The van der Waals surface area contributed by atoms with Gasteiger partial charge in [0.1, 0.15) is 11.7 Å². The summed E-state index contributed by atoms with van der Waals surface area (Å²) in [6.07, 6.45) is 5.05. The number of nitriles is 1. The molecule has 6 nitrogen and oxygen atoms in total. The average molecular weight is 387 g/mol. The molecule has 3 heterocycles. The summed E-state index contributed by atoms with van der Waals surface area (Å²) < 4.78 is 1.53. The second-order valence-corrected chi connectivity index (χ2v) is 7.67. The molecule has 2 aromatic heterocycles. The maximum absolute atomic E-state index is 13.2. The molecular weight excluding hydrogens is 362 g/mol. The minimum absolute atomic E-state index is 0.0543. The zero-order valence-electron chi connectivity index (χ0n) is 16.9. The van der Waals surface area contributed by atoms with Crippen molar-refractivity contribution in [2.75, 3.05) is 23.3 Å². The van der Waals surface area contributed by atoms with Crippen molar-refractivity contribution in [3.05, 3.63) is 69.6 Å². The molecule has 29 heavy (non-hydrogen) atoms. The Morgan fingerprint density at radius 2 is 1.90 bits per heavy atom. The Balaban J connectivity index is 1.87. The fraction of sp³-hybridized carbons (Fsp3) is 0.348. The fourth-order valence-electron chi connectivity index (χ4n) is 4.01. The largest absolute Gasteiger partial charge is 0.378 e. The molecule has 148 valence electrons. The summed E-state index contributed by atoms with van der Waals surface area (Å²) in [5.74, 6) is 0.522. The van der Waals surface area contributed by atoms with Crippen LogP contribution >= 0.6 is 0 Å². The van der Waals surface area contributed by atoms with E-state index in [9.17, 15) is 10.1 Å². The Hall–Kier alpha value is -3.33. The number of para-hydroxylation sites is 1. The molecule has 1 aliphatic heterocycles. The zero-order chi connectivity index (χ0) is 20.4. The lowest BCUT2D eigenvalue weighted by atomic mass is 10.1. The first kappa shape index (κ1) is 19.0. The van der Waals surface area contributed by atoms with Crippen molar-refractivity contribution in [1.29, 1.82) is 5.26 Å². The molecule has 0 radical (unpaired) electrons. The highest BCUT2D eigenvalue weighted by Gasteiger charge is 2.22. The van der Waals surface area contributed by atoms with Gasteiger partial charge in [0.15, 0.2) is 11.4 Å². The summed E-state index contributed by atoms with van der Waals surface area (Å²) in [7, 11) is 0. The third-order valence-corrected chi connectivity index (χ3v) is 5.46. The maximum Gasteiger partial charge on any atom is 0.278 e. The van der Waals surface area contributed by atoms with Gasteiger partial charge in [0.2, 0.25) is 0 Å². The molecule has 6 heteroatoms. The first-order valence-electron chi connectivity index (χ1n) is 10.1. The van der Waals surface area contributed by atoms with E-state index < -0.39 is 0 Å². The van der Waals surface area contributed by atoms with E-state index in [2.05, 4.69) is 29.3 Å². The topological polar surface area (TPSA) is 73.4 Å². The van der Waals surface area contributed by atoms with E-state index in [-0.39, 0.29) is 17.2 Å². The molecule has 1 saturated heterocycles. The number of rotatable bonds is 4. The predicted octanol–water partition coefficient (Wildman–Crippen LogP) is 4.04. The molecule has 4 rings (SSSR count). The molecule has 0 spiro atoms. The molecule has 1 aliphatic rings. The Morgan fingerprint density at radius 1 is 1.17 bits per heavy atom. The van der Waals surface area contributed by atoms with E-state index in [1.165, 1.54) is 10.8 Å². The number of benzene rings is 1. The molecule has 0 saturated carbocycles. The van der Waals surface area contributed by atoms with Gasteiger partial charge < -0.3 is 10.2 Å². The number of aromatic nitrogens is 2. The summed E-state index contributed by atoms with van der Waals surface area (Å²) in [6, 6.07) is 14.1. The van der Waals surface area contributed by atoms with E-state index in [0.29, 0.717) is 11.5 Å². The van der Waals surface area contributed by atoms with Gasteiger partial charge in [-0.15, -0.1) is 0 Å². The van der Waals surface area contributed by atoms with Gasteiger partial charge in [0.05, 0.1) is 6.04 Å². The van der Waals surface area contributed by atoms with Crippen LogP contribution < -0.4 is 15.8 Å². The normalized spacial score (nSPS) is 15.1. The van der Waals surface area contributed by atoms with Crippen LogP contribution in [0.5, 0.6) is 0 Å². The monoisotopic (exact) mass is 387 g/mol. The van der Waals surface area contributed by atoms with Gasteiger partial charge in [-0.1, -0.05) is 18.2 Å². The van der Waals surface area contributed by atoms with Crippen molar-refractivity contribution in [2.45, 2.75) is 39.2 Å². The van der Waals surface area contributed by atoms with E-state index in [1.807, 2.05) is 37.3 Å². The summed E-state index contributed by atoms with van der Waals surface area (Å²) in [6.45, 7) is 5.68. The summed E-state index contributed by atoms with van der Waals surface area (Å²) in [5, 5.41) is 13.2. The van der Waals surface area contributed by atoms with Crippen LogP contribution in [0.2, 0.25) is 0 Å². The third kappa shape index (κ3) is 3.68. The quantitative estimate of drug-likeness (QED) is 0.731.